The average molecular weight is 1140 g/mol. The number of hydrogen-bond acceptors (Lipinski definition) is 18. The lowest BCUT2D eigenvalue weighted by atomic mass is 9.83. The van der Waals surface area contributed by atoms with Gasteiger partial charge in [-0.15, -0.1) is 23.5 Å². The molecule has 24 nitrogen and oxygen atoms in total. The highest BCUT2D eigenvalue weighted by molar-refractivity contribution is 8.00. The largest absolute Gasteiger partial charge is 0.507 e. The summed E-state index contributed by atoms with van der Waals surface area (Å²) in [7, 11) is 0. The van der Waals surface area contributed by atoms with Crippen molar-refractivity contribution in [1.82, 2.24) is 25.4 Å². The van der Waals surface area contributed by atoms with E-state index in [4.69, 9.17) is 45.4 Å². The number of halogens is 2. The van der Waals surface area contributed by atoms with Crippen molar-refractivity contribution < 1.29 is 90.8 Å². The standard InChI is InChI=1S/C50H71F2N7O17S2/c1-50(2,3)46(38-24-34(36-25-35(51)10-11-37(36)52)29-58(38)28-33-8-5-4-6-9-33)59(15-7-13-53)44(63)32-77-31-43(75-48(66)67)57-40(60)12-16-70-18-20-72-22-23-73-21-19-71-17-14-55-42(62)27-56-41(61)26-45(76-49(68)69)78-30-39(54)74-47(64)65/h4-6,8-11,24-25,29,39,43,45-46H,7,12-23,26-28,30-32,53-54H2,1-3H3,(H,55,62)(H,56,61)(H,57,60)(H,64,65)(H,66,67)(H,68,69)/t39-,43-,45-,46+/m1/s1. The topological polar surface area (TPSA) is 341 Å². The number of thioether (sulfide) groups is 2. The number of amides is 4. The van der Waals surface area contributed by atoms with Crippen LogP contribution in [0.3, 0.4) is 0 Å². The molecule has 0 aliphatic heterocycles. The molecule has 434 valence electrons. The lowest BCUT2D eigenvalue weighted by Crippen LogP contribution is -2.44. The molecule has 0 saturated carbocycles. The summed E-state index contributed by atoms with van der Waals surface area (Å²) in [5.41, 5.74) is 11.7. The minimum atomic E-state index is -1.67. The molecule has 0 spiro atoms. The van der Waals surface area contributed by atoms with E-state index in [9.17, 15) is 43.1 Å². The van der Waals surface area contributed by atoms with E-state index in [-0.39, 0.29) is 108 Å². The van der Waals surface area contributed by atoms with Gasteiger partial charge in [-0.1, -0.05) is 51.1 Å². The summed E-state index contributed by atoms with van der Waals surface area (Å²) in [5.74, 6) is -3.71. The number of nitrogens with zero attached hydrogens (tertiary/aromatic N) is 2. The zero-order chi connectivity index (χ0) is 57.5. The number of carboxylic acid groups (broad SMARTS) is 3. The second-order valence-electron chi connectivity index (χ2n) is 17.9. The number of hydrogen-bond donors (Lipinski definition) is 8. The Hall–Kier alpha value is -6.27. The fourth-order valence-corrected chi connectivity index (χ4v) is 9.07. The molecule has 10 N–H and O–H groups in total. The van der Waals surface area contributed by atoms with Crippen molar-refractivity contribution in [1.29, 1.82) is 0 Å². The summed E-state index contributed by atoms with van der Waals surface area (Å²) in [6, 6.07) is 14.0. The molecule has 3 aromatic rings. The summed E-state index contributed by atoms with van der Waals surface area (Å²) in [6.07, 6.45) is -5.89. The van der Waals surface area contributed by atoms with Crippen LogP contribution in [0, 0.1) is 17.0 Å². The summed E-state index contributed by atoms with van der Waals surface area (Å²) < 4.78 is 67.2. The molecule has 3 rings (SSSR count). The van der Waals surface area contributed by atoms with E-state index in [1.807, 2.05) is 55.7 Å². The first-order valence-corrected chi connectivity index (χ1v) is 26.8. The quantitative estimate of drug-likeness (QED) is 0.0170. The molecule has 1 aromatic heterocycles. The molecule has 0 saturated heterocycles. The summed E-state index contributed by atoms with van der Waals surface area (Å²) in [5, 5.41) is 34.3. The van der Waals surface area contributed by atoms with Gasteiger partial charge in [-0.25, -0.2) is 23.2 Å². The van der Waals surface area contributed by atoms with Gasteiger partial charge in [0.25, 0.3) is 0 Å². The number of ether oxygens (including phenoxy) is 7. The maximum Gasteiger partial charge on any atom is 0.507 e. The van der Waals surface area contributed by atoms with E-state index in [2.05, 4.69) is 25.4 Å². The SMILES string of the molecule is CC(C)(C)[C@H](c1cc(-c2cc(F)ccc2F)cn1Cc1ccccc1)N(CCCN)C(=O)CSC[C@H](NC(=O)CCOCCOCCOCCOCCNC(=O)CNC(=O)C[C@H](OC(=O)O)SC[C@H](N)OC(=O)O)OC(=O)O. The minimum Gasteiger partial charge on any atom is -0.450 e. The Kier molecular flexibility index (Phi) is 30.5. The molecule has 4 amide bonds. The van der Waals surface area contributed by atoms with Gasteiger partial charge in [0.2, 0.25) is 23.6 Å². The van der Waals surface area contributed by atoms with Crippen LogP contribution in [-0.2, 0) is 58.9 Å². The van der Waals surface area contributed by atoms with Gasteiger partial charge in [0.1, 0.15) is 11.6 Å². The molecule has 0 aliphatic rings. The van der Waals surface area contributed by atoms with Crippen molar-refractivity contribution in [3.8, 4) is 11.1 Å². The number of carbonyl (C=O) groups excluding carboxylic acids is 4. The highest BCUT2D eigenvalue weighted by Crippen LogP contribution is 2.41. The molecule has 0 bridgehead atoms. The van der Waals surface area contributed by atoms with Gasteiger partial charge in [0.15, 0.2) is 17.9 Å². The molecule has 0 radical (unpaired) electrons. The third kappa shape index (κ3) is 26.9. The van der Waals surface area contributed by atoms with E-state index in [1.165, 1.54) is 0 Å². The molecule has 2 aromatic carbocycles. The lowest BCUT2D eigenvalue weighted by molar-refractivity contribution is -0.133. The molecule has 1 heterocycles. The third-order valence-corrected chi connectivity index (χ3v) is 12.8. The van der Waals surface area contributed by atoms with E-state index < -0.39 is 90.1 Å². The molecule has 78 heavy (non-hydrogen) atoms. The number of carbonyl (C=O) groups is 7. The molecule has 28 heteroatoms. The molecular formula is C50H71F2N7O17S2. The van der Waals surface area contributed by atoms with Gasteiger partial charge in [0, 0.05) is 48.4 Å². The van der Waals surface area contributed by atoms with Gasteiger partial charge >= 0.3 is 18.5 Å². The van der Waals surface area contributed by atoms with Crippen LogP contribution in [-0.4, -0.2) is 181 Å². The van der Waals surface area contributed by atoms with Crippen LogP contribution in [0.1, 0.15) is 57.3 Å². The summed E-state index contributed by atoms with van der Waals surface area (Å²) in [6.45, 7) is 7.93. The van der Waals surface area contributed by atoms with Gasteiger partial charge in [0.05, 0.1) is 89.8 Å². The maximum absolute atomic E-state index is 15.2. The minimum absolute atomic E-state index is 0.0116. The van der Waals surface area contributed by atoms with Crippen LogP contribution in [0.2, 0.25) is 0 Å². The highest BCUT2D eigenvalue weighted by Gasteiger charge is 2.37. The fourth-order valence-electron chi connectivity index (χ4n) is 7.35. The molecule has 0 unspecified atom stereocenters. The zero-order valence-corrected chi connectivity index (χ0v) is 45.3. The van der Waals surface area contributed by atoms with Crippen molar-refractivity contribution >= 4 is 65.6 Å². The first kappa shape index (κ1) is 66.0. The Labute approximate surface area is 458 Å². The van der Waals surface area contributed by atoms with Gasteiger partial charge in [-0.2, -0.15) is 0 Å². The average Bonchev–Trinajstić information content (AvgIpc) is 3.89. The highest BCUT2D eigenvalue weighted by atomic mass is 32.2. The van der Waals surface area contributed by atoms with Gasteiger partial charge < -0.3 is 79.6 Å². The number of benzene rings is 2. The van der Waals surface area contributed by atoms with Crippen LogP contribution in [0.15, 0.2) is 60.8 Å². The van der Waals surface area contributed by atoms with Crippen molar-refractivity contribution in [3.05, 3.63) is 83.7 Å². The van der Waals surface area contributed by atoms with Gasteiger partial charge in [-0.3, -0.25) is 24.9 Å². The van der Waals surface area contributed by atoms with Gasteiger partial charge in [-0.05, 0) is 48.2 Å². The Morgan fingerprint density at radius 2 is 1.38 bits per heavy atom. The van der Waals surface area contributed by atoms with Crippen LogP contribution < -0.4 is 27.4 Å². The Morgan fingerprint density at radius 3 is 2.00 bits per heavy atom. The van der Waals surface area contributed by atoms with Crippen LogP contribution in [0.5, 0.6) is 0 Å². The van der Waals surface area contributed by atoms with Crippen LogP contribution in [0.4, 0.5) is 23.2 Å². The Balaban J connectivity index is 1.35. The van der Waals surface area contributed by atoms with Crippen molar-refractivity contribution in [2.45, 2.75) is 70.5 Å². The second-order valence-corrected chi connectivity index (χ2v) is 20.2. The van der Waals surface area contributed by atoms with Crippen molar-refractivity contribution in [2.75, 3.05) is 96.3 Å². The van der Waals surface area contributed by atoms with Crippen LogP contribution >= 0.6 is 23.5 Å². The number of nitrogens with two attached hydrogens (primary N) is 2. The summed E-state index contributed by atoms with van der Waals surface area (Å²) in [4.78, 5) is 86.1. The Bertz CT molecular complexity index is 2350. The first-order chi connectivity index (χ1) is 37.2. The van der Waals surface area contributed by atoms with E-state index in [0.29, 0.717) is 24.2 Å². The number of nitrogens with one attached hydrogen (secondary N) is 3. The summed E-state index contributed by atoms with van der Waals surface area (Å²) >= 11 is 1.81. The van der Waals surface area contributed by atoms with Crippen LogP contribution in [0.25, 0.3) is 11.1 Å². The fraction of sp³-hybridized carbons (Fsp3) is 0.540. The Morgan fingerprint density at radius 1 is 0.756 bits per heavy atom. The zero-order valence-electron chi connectivity index (χ0n) is 43.7. The number of rotatable bonds is 38. The predicted octanol–water partition coefficient (Wildman–Crippen LogP) is 4.43. The van der Waals surface area contributed by atoms with Crippen molar-refractivity contribution in [3.63, 3.8) is 0 Å². The molecule has 4 atom stereocenters. The molecule has 0 aliphatic carbocycles. The second kappa shape index (κ2) is 36.0. The lowest BCUT2D eigenvalue weighted by Gasteiger charge is -2.41. The monoisotopic (exact) mass is 1140 g/mol. The smallest absolute Gasteiger partial charge is 0.450 e. The van der Waals surface area contributed by atoms with E-state index in [1.54, 1.807) is 17.2 Å². The predicted molar refractivity (Wildman–Crippen MR) is 282 cm³/mol. The van der Waals surface area contributed by atoms with Crippen molar-refractivity contribution in [2.24, 2.45) is 16.9 Å². The molecular weight excluding hydrogens is 1070 g/mol. The third-order valence-electron chi connectivity index (χ3n) is 10.6. The van der Waals surface area contributed by atoms with E-state index in [0.717, 1.165) is 47.3 Å². The van der Waals surface area contributed by atoms with E-state index >= 15 is 4.39 Å². The molecule has 0 fully saturated rings. The first-order valence-electron chi connectivity index (χ1n) is 24.6. The number of aromatic nitrogens is 1. The maximum atomic E-state index is 15.2. The normalized spacial score (nSPS) is 12.9.